The van der Waals surface area contributed by atoms with Crippen LogP contribution in [-0.4, -0.2) is 19.9 Å². The molecule has 0 aliphatic rings. The number of nitrogens with zero attached hydrogens (tertiary/aromatic N) is 4. The molecule has 11 rings (SSSR count). The normalized spacial score (nSPS) is 11.1. The Hall–Kier alpha value is -7.34. The van der Waals surface area contributed by atoms with E-state index in [9.17, 15) is 0 Å². The molecule has 4 heterocycles. The van der Waals surface area contributed by atoms with Gasteiger partial charge >= 0.3 is 0 Å². The predicted octanol–water partition coefficient (Wildman–Crippen LogP) is 14.7. The number of hydrogen-bond acceptors (Lipinski definition) is 4. The van der Waals surface area contributed by atoms with E-state index in [2.05, 4.69) is 176 Å². The Labute approximate surface area is 350 Å². The summed E-state index contributed by atoms with van der Waals surface area (Å²) in [6.45, 7) is 0. The van der Waals surface area contributed by atoms with Crippen molar-refractivity contribution in [3.63, 3.8) is 0 Å². The van der Waals surface area contributed by atoms with Crippen LogP contribution in [0.1, 0.15) is 0 Å². The molecule has 4 aromatic heterocycles. The molecule has 59 heavy (non-hydrogen) atoms. The summed E-state index contributed by atoms with van der Waals surface area (Å²) in [5.41, 5.74) is 11.0. The highest BCUT2D eigenvalue weighted by atomic mass is 79.9. The molecule has 0 saturated carbocycles. The van der Waals surface area contributed by atoms with Crippen molar-refractivity contribution in [2.75, 3.05) is 0 Å². The molecule has 0 aliphatic heterocycles. The van der Waals surface area contributed by atoms with Crippen molar-refractivity contribution in [3.8, 4) is 56.0 Å². The Kier molecular flexibility index (Phi) is 9.71. The second kappa shape index (κ2) is 15.9. The fourth-order valence-electron chi connectivity index (χ4n) is 8.02. The molecule has 7 aromatic carbocycles. The summed E-state index contributed by atoms with van der Waals surface area (Å²) >= 11 is 3.33. The molecule has 0 bridgehead atoms. The lowest BCUT2D eigenvalue weighted by atomic mass is 9.84. The topological polar surface area (TPSA) is 51.6 Å². The molecule has 0 saturated heterocycles. The fraction of sp³-hybridized carbons (Fsp3) is 0. The van der Waals surface area contributed by atoms with Crippen LogP contribution in [0.3, 0.4) is 0 Å². The first-order chi connectivity index (χ1) is 29.2. The van der Waals surface area contributed by atoms with Gasteiger partial charge in [0.05, 0.1) is 17.1 Å². The van der Waals surface area contributed by atoms with Gasteiger partial charge in [0, 0.05) is 41.5 Å². The van der Waals surface area contributed by atoms with Gasteiger partial charge in [-0.1, -0.05) is 121 Å². The Balaban J connectivity index is 0.000000276. The van der Waals surface area contributed by atoms with Gasteiger partial charge in [0.2, 0.25) is 0 Å². The highest BCUT2D eigenvalue weighted by molar-refractivity contribution is 9.10. The van der Waals surface area contributed by atoms with Gasteiger partial charge in [-0.25, -0.2) is 9.97 Å². The number of benzene rings is 7. The van der Waals surface area contributed by atoms with Crippen LogP contribution < -0.4 is 0 Å². The number of fused-ring (bicyclic) bond motifs is 4. The first-order valence-corrected chi connectivity index (χ1v) is 20.3. The predicted molar refractivity (Wildman–Crippen MR) is 249 cm³/mol. The second-order valence-corrected chi connectivity index (χ2v) is 15.2. The van der Waals surface area contributed by atoms with Crippen molar-refractivity contribution in [1.29, 1.82) is 0 Å². The molecule has 11 aromatic rings. The van der Waals surface area contributed by atoms with Crippen molar-refractivity contribution < 1.29 is 0 Å². The van der Waals surface area contributed by atoms with Gasteiger partial charge in [0.15, 0.2) is 0 Å². The maximum absolute atomic E-state index is 5.11. The third kappa shape index (κ3) is 7.25. The molecule has 0 N–H and O–H groups in total. The van der Waals surface area contributed by atoms with Crippen LogP contribution in [0.5, 0.6) is 0 Å². The van der Waals surface area contributed by atoms with Crippen LogP contribution in [-0.2, 0) is 0 Å². The number of pyridine rings is 4. The molecule has 278 valence electrons. The average Bonchev–Trinajstić information content (AvgIpc) is 3.31. The summed E-state index contributed by atoms with van der Waals surface area (Å²) < 4.78 is 0.849. The minimum atomic E-state index is 0.849. The van der Waals surface area contributed by atoms with Gasteiger partial charge in [0.1, 0.15) is 4.60 Å². The Morgan fingerprint density at radius 2 is 0.729 bits per heavy atom. The smallest absolute Gasteiger partial charge is 0.106 e. The molecule has 5 heteroatoms. The summed E-state index contributed by atoms with van der Waals surface area (Å²) in [5.74, 6) is 0. The largest absolute Gasteiger partial charge is 0.265 e. The Morgan fingerprint density at radius 1 is 0.288 bits per heavy atom. The lowest BCUT2D eigenvalue weighted by Gasteiger charge is -2.19. The monoisotopic (exact) mass is 818 g/mol. The van der Waals surface area contributed by atoms with Crippen LogP contribution in [0.2, 0.25) is 0 Å². The van der Waals surface area contributed by atoms with Crippen LogP contribution >= 0.6 is 15.9 Å². The highest BCUT2D eigenvalue weighted by Gasteiger charge is 2.18. The lowest BCUT2D eigenvalue weighted by molar-refractivity contribution is 1.26. The molecular weight excluding hydrogens is 785 g/mol. The van der Waals surface area contributed by atoms with Crippen molar-refractivity contribution in [2.45, 2.75) is 0 Å². The number of halogens is 1. The van der Waals surface area contributed by atoms with Crippen molar-refractivity contribution in [1.82, 2.24) is 19.9 Å². The number of hydrogen-bond donors (Lipinski definition) is 0. The quantitative estimate of drug-likeness (QED) is 0.128. The van der Waals surface area contributed by atoms with E-state index in [-0.39, 0.29) is 0 Å². The lowest BCUT2D eigenvalue weighted by Crippen LogP contribution is -1.93. The van der Waals surface area contributed by atoms with Gasteiger partial charge in [-0.05, 0) is 148 Å². The van der Waals surface area contributed by atoms with Crippen LogP contribution in [0, 0.1) is 0 Å². The van der Waals surface area contributed by atoms with E-state index in [0.29, 0.717) is 0 Å². The number of aromatic nitrogens is 4. The third-order valence-corrected chi connectivity index (χ3v) is 11.3. The van der Waals surface area contributed by atoms with Gasteiger partial charge in [-0.15, -0.1) is 0 Å². The molecule has 0 amide bonds. The van der Waals surface area contributed by atoms with Crippen molar-refractivity contribution >= 4 is 59.0 Å². The van der Waals surface area contributed by atoms with E-state index in [1.807, 2.05) is 54.9 Å². The molecule has 0 unspecified atom stereocenters. The van der Waals surface area contributed by atoms with Crippen molar-refractivity contribution in [2.24, 2.45) is 0 Å². The summed E-state index contributed by atoms with van der Waals surface area (Å²) in [6.07, 6.45) is 7.15. The van der Waals surface area contributed by atoms with E-state index >= 15 is 0 Å². The highest BCUT2D eigenvalue weighted by Crippen LogP contribution is 2.45. The summed E-state index contributed by atoms with van der Waals surface area (Å²) in [5, 5.41) is 9.89. The van der Waals surface area contributed by atoms with E-state index in [1.165, 1.54) is 65.3 Å². The number of rotatable bonds is 5. The molecular formula is C54H35BrN4. The summed E-state index contributed by atoms with van der Waals surface area (Å²) in [4.78, 5) is 17.6. The van der Waals surface area contributed by atoms with E-state index in [0.717, 1.165) is 38.4 Å². The maximum atomic E-state index is 5.11. The minimum Gasteiger partial charge on any atom is -0.265 e. The molecule has 0 fully saturated rings. The maximum Gasteiger partial charge on any atom is 0.106 e. The minimum absolute atomic E-state index is 0.849. The van der Waals surface area contributed by atoms with Crippen molar-refractivity contribution in [3.05, 3.63) is 217 Å². The molecule has 0 radical (unpaired) electrons. The van der Waals surface area contributed by atoms with E-state index in [4.69, 9.17) is 4.98 Å². The molecule has 4 nitrogen and oxygen atoms in total. The molecule has 0 atom stereocenters. The fourth-order valence-corrected chi connectivity index (χ4v) is 8.36. The van der Waals surface area contributed by atoms with E-state index in [1.54, 1.807) is 12.4 Å². The standard InChI is InChI=1S/C44H28N2.C10H7BrN2/c1-3-10-32-26-35(18-16-29(32)8-1)43-37-12-5-6-13-38(37)44(36-19-17-30-9-2-4-11-33(30)27-36)40-28-34(20-21-39(40)43)42-15-7-14-41(46-42)31-22-24-45-25-23-31;11-10-3-1-2-9(13-10)8-4-6-12-7-5-8/h1-28H;1-7H. The van der Waals surface area contributed by atoms with Crippen LogP contribution in [0.15, 0.2) is 217 Å². The molecule has 0 aliphatic carbocycles. The second-order valence-electron chi connectivity index (χ2n) is 14.4. The SMILES string of the molecule is Brc1cccc(-c2ccncc2)n1.c1cc(-c2ccncc2)nc(-c2ccc3c(-c4ccc5ccccc5c4)c4ccccc4c(-c4ccc5ccccc5c4)c3c2)c1. The first kappa shape index (κ1) is 36.0. The third-order valence-electron chi connectivity index (χ3n) is 10.8. The van der Waals surface area contributed by atoms with Gasteiger partial charge in [0.25, 0.3) is 0 Å². The summed E-state index contributed by atoms with van der Waals surface area (Å²) in [7, 11) is 0. The van der Waals surface area contributed by atoms with Gasteiger partial charge in [-0.3, -0.25) is 9.97 Å². The van der Waals surface area contributed by atoms with Crippen LogP contribution in [0.25, 0.3) is 99.1 Å². The zero-order valence-corrected chi connectivity index (χ0v) is 33.5. The summed E-state index contributed by atoms with van der Waals surface area (Å²) in [6, 6.07) is 66.6. The Morgan fingerprint density at radius 3 is 1.29 bits per heavy atom. The zero-order valence-electron chi connectivity index (χ0n) is 31.9. The van der Waals surface area contributed by atoms with Crippen LogP contribution in [0.4, 0.5) is 0 Å². The average molecular weight is 820 g/mol. The van der Waals surface area contributed by atoms with Gasteiger partial charge < -0.3 is 0 Å². The zero-order chi connectivity index (χ0) is 39.5. The molecule has 0 spiro atoms. The first-order valence-electron chi connectivity index (χ1n) is 19.5. The van der Waals surface area contributed by atoms with Gasteiger partial charge in [-0.2, -0.15) is 0 Å². The Bertz CT molecular complexity index is 3290. The van der Waals surface area contributed by atoms with E-state index < -0.39 is 0 Å².